The maximum Gasteiger partial charge on any atom is 0.150 e. The third kappa shape index (κ3) is 3.01. The molecule has 1 heterocycles. The molecule has 2 aromatic rings. The molecule has 0 unspecified atom stereocenters. The zero-order valence-corrected chi connectivity index (χ0v) is 12.3. The van der Waals surface area contributed by atoms with Crippen molar-refractivity contribution in [3.05, 3.63) is 40.4 Å². The summed E-state index contributed by atoms with van der Waals surface area (Å²) in [5, 5.41) is 6.22. The van der Waals surface area contributed by atoms with Gasteiger partial charge in [-0.25, -0.2) is 14.4 Å². The molecule has 0 radical (unpaired) electrons. The van der Waals surface area contributed by atoms with E-state index in [-0.39, 0.29) is 5.82 Å². The van der Waals surface area contributed by atoms with Crippen molar-refractivity contribution in [1.29, 1.82) is 0 Å². The van der Waals surface area contributed by atoms with Crippen molar-refractivity contribution in [1.82, 2.24) is 9.97 Å². The molecule has 6 heteroatoms. The highest BCUT2D eigenvalue weighted by Gasteiger charge is 2.10. The number of rotatable bonds is 4. The van der Waals surface area contributed by atoms with Gasteiger partial charge in [-0.3, -0.25) is 0 Å². The maximum absolute atomic E-state index is 13.5. The normalized spacial score (nSPS) is 10.3. The quantitative estimate of drug-likeness (QED) is 0.896. The molecule has 0 bridgehead atoms. The number of aromatic nitrogens is 2. The topological polar surface area (TPSA) is 49.8 Å². The number of hydrogen-bond acceptors (Lipinski definition) is 4. The number of halogens is 2. The van der Waals surface area contributed by atoms with Crippen LogP contribution in [0.3, 0.4) is 0 Å². The van der Waals surface area contributed by atoms with Gasteiger partial charge in [-0.05, 0) is 41.9 Å². The molecule has 0 spiro atoms. The Labute approximate surface area is 119 Å². The van der Waals surface area contributed by atoms with Crippen molar-refractivity contribution in [3.63, 3.8) is 0 Å². The Hall–Kier alpha value is -1.69. The Morgan fingerprint density at radius 1 is 1.26 bits per heavy atom. The van der Waals surface area contributed by atoms with E-state index < -0.39 is 0 Å². The molecular formula is C13H14BrFN4. The molecule has 0 aliphatic carbocycles. The Bertz CT molecular complexity index is 589. The van der Waals surface area contributed by atoms with Crippen molar-refractivity contribution in [3.8, 4) is 0 Å². The zero-order chi connectivity index (χ0) is 13.8. The van der Waals surface area contributed by atoms with Crippen molar-refractivity contribution >= 4 is 33.3 Å². The van der Waals surface area contributed by atoms with Crippen LogP contribution in [0.4, 0.5) is 21.7 Å². The second kappa shape index (κ2) is 5.97. The van der Waals surface area contributed by atoms with E-state index in [9.17, 15) is 4.39 Å². The number of nitrogens with one attached hydrogen (secondary N) is 2. The molecule has 4 nitrogen and oxygen atoms in total. The van der Waals surface area contributed by atoms with Gasteiger partial charge in [0.1, 0.15) is 28.3 Å². The van der Waals surface area contributed by atoms with Crippen LogP contribution in [-0.4, -0.2) is 16.5 Å². The third-order valence-electron chi connectivity index (χ3n) is 2.65. The standard InChI is InChI=1S/C13H14BrFN4/c1-3-16-12-11(14)13(18-7-17-12)19-10-6-4-5-9(15)8(10)2/h4-7H,3H2,1-2H3,(H2,16,17,18,19). The first-order valence-electron chi connectivity index (χ1n) is 5.90. The van der Waals surface area contributed by atoms with Gasteiger partial charge in [-0.15, -0.1) is 0 Å². The predicted octanol–water partition coefficient (Wildman–Crippen LogP) is 3.86. The van der Waals surface area contributed by atoms with E-state index in [0.717, 1.165) is 11.0 Å². The third-order valence-corrected chi connectivity index (χ3v) is 3.41. The van der Waals surface area contributed by atoms with E-state index in [4.69, 9.17) is 0 Å². The number of nitrogens with zero attached hydrogens (tertiary/aromatic N) is 2. The highest BCUT2D eigenvalue weighted by atomic mass is 79.9. The van der Waals surface area contributed by atoms with Gasteiger partial charge >= 0.3 is 0 Å². The van der Waals surface area contributed by atoms with Gasteiger partial charge in [0.05, 0.1) is 0 Å². The van der Waals surface area contributed by atoms with Gasteiger partial charge in [-0.2, -0.15) is 0 Å². The number of benzene rings is 1. The molecule has 0 fully saturated rings. The summed E-state index contributed by atoms with van der Waals surface area (Å²) >= 11 is 3.44. The van der Waals surface area contributed by atoms with Gasteiger partial charge in [0.25, 0.3) is 0 Å². The van der Waals surface area contributed by atoms with E-state index in [2.05, 4.69) is 36.5 Å². The summed E-state index contributed by atoms with van der Waals surface area (Å²) in [6.07, 6.45) is 1.46. The molecule has 0 aliphatic heterocycles. The molecule has 1 aromatic heterocycles. The van der Waals surface area contributed by atoms with Gasteiger partial charge in [0.15, 0.2) is 0 Å². The molecule has 0 amide bonds. The minimum atomic E-state index is -0.248. The van der Waals surface area contributed by atoms with Crippen LogP contribution in [0.2, 0.25) is 0 Å². The molecule has 0 atom stereocenters. The van der Waals surface area contributed by atoms with E-state index in [1.165, 1.54) is 12.4 Å². The lowest BCUT2D eigenvalue weighted by Gasteiger charge is -2.12. The summed E-state index contributed by atoms with van der Waals surface area (Å²) in [5.41, 5.74) is 1.24. The van der Waals surface area contributed by atoms with E-state index >= 15 is 0 Å². The average molecular weight is 325 g/mol. The fourth-order valence-corrected chi connectivity index (χ4v) is 2.06. The minimum Gasteiger partial charge on any atom is -0.369 e. The molecule has 1 aromatic carbocycles. The summed E-state index contributed by atoms with van der Waals surface area (Å²) < 4.78 is 14.2. The molecule has 2 rings (SSSR count). The van der Waals surface area contributed by atoms with Gasteiger partial charge in [-0.1, -0.05) is 6.07 Å². The molecule has 0 saturated heterocycles. The monoisotopic (exact) mass is 324 g/mol. The Balaban J connectivity index is 2.33. The molecule has 0 aliphatic rings. The van der Waals surface area contributed by atoms with Crippen LogP contribution in [0, 0.1) is 12.7 Å². The summed E-state index contributed by atoms with van der Waals surface area (Å²) in [7, 11) is 0. The fraction of sp³-hybridized carbons (Fsp3) is 0.231. The van der Waals surface area contributed by atoms with Crippen LogP contribution in [0.5, 0.6) is 0 Å². The van der Waals surface area contributed by atoms with Crippen LogP contribution < -0.4 is 10.6 Å². The molecule has 100 valence electrons. The lowest BCUT2D eigenvalue weighted by Crippen LogP contribution is -2.04. The summed E-state index contributed by atoms with van der Waals surface area (Å²) in [6.45, 7) is 4.46. The largest absolute Gasteiger partial charge is 0.369 e. The Morgan fingerprint density at radius 3 is 2.74 bits per heavy atom. The maximum atomic E-state index is 13.5. The highest BCUT2D eigenvalue weighted by molar-refractivity contribution is 9.10. The van der Waals surface area contributed by atoms with Gasteiger partial charge in [0.2, 0.25) is 0 Å². The minimum absolute atomic E-state index is 0.248. The zero-order valence-electron chi connectivity index (χ0n) is 10.7. The number of hydrogen-bond donors (Lipinski definition) is 2. The van der Waals surface area contributed by atoms with Gasteiger partial charge in [0, 0.05) is 17.8 Å². The second-order valence-electron chi connectivity index (χ2n) is 3.95. The van der Waals surface area contributed by atoms with Gasteiger partial charge < -0.3 is 10.6 Å². The highest BCUT2D eigenvalue weighted by Crippen LogP contribution is 2.30. The molecule has 0 saturated carbocycles. The first-order chi connectivity index (χ1) is 9.13. The lowest BCUT2D eigenvalue weighted by atomic mass is 10.2. The first-order valence-corrected chi connectivity index (χ1v) is 6.69. The van der Waals surface area contributed by atoms with Crippen LogP contribution in [0.1, 0.15) is 12.5 Å². The van der Waals surface area contributed by atoms with E-state index in [0.29, 0.717) is 22.9 Å². The van der Waals surface area contributed by atoms with Crippen molar-refractivity contribution in [2.24, 2.45) is 0 Å². The van der Waals surface area contributed by atoms with E-state index in [1.54, 1.807) is 19.1 Å². The fourth-order valence-electron chi connectivity index (χ4n) is 1.62. The van der Waals surface area contributed by atoms with Crippen LogP contribution in [0.15, 0.2) is 29.0 Å². The Morgan fingerprint density at radius 2 is 2.00 bits per heavy atom. The molecule has 19 heavy (non-hydrogen) atoms. The summed E-state index contributed by atoms with van der Waals surface area (Å²) in [4.78, 5) is 8.28. The first kappa shape index (κ1) is 13.7. The SMILES string of the molecule is CCNc1ncnc(Nc2cccc(F)c2C)c1Br. The van der Waals surface area contributed by atoms with Crippen LogP contribution in [-0.2, 0) is 0 Å². The summed E-state index contributed by atoms with van der Waals surface area (Å²) in [5.74, 6) is 1.05. The smallest absolute Gasteiger partial charge is 0.150 e. The number of anilines is 3. The predicted molar refractivity (Wildman–Crippen MR) is 78.3 cm³/mol. The van der Waals surface area contributed by atoms with Crippen molar-refractivity contribution in [2.45, 2.75) is 13.8 Å². The van der Waals surface area contributed by atoms with Crippen LogP contribution >= 0.6 is 15.9 Å². The lowest BCUT2D eigenvalue weighted by molar-refractivity contribution is 0.619. The summed E-state index contributed by atoms with van der Waals surface area (Å²) in [6, 6.07) is 4.89. The molecular weight excluding hydrogens is 311 g/mol. The van der Waals surface area contributed by atoms with Crippen molar-refractivity contribution < 1.29 is 4.39 Å². The molecule has 2 N–H and O–H groups in total. The second-order valence-corrected chi connectivity index (χ2v) is 4.75. The van der Waals surface area contributed by atoms with Crippen molar-refractivity contribution in [2.75, 3.05) is 17.2 Å². The Kier molecular flexibility index (Phi) is 4.31. The van der Waals surface area contributed by atoms with Crippen LogP contribution in [0.25, 0.3) is 0 Å². The van der Waals surface area contributed by atoms with E-state index in [1.807, 2.05) is 6.92 Å². The average Bonchev–Trinajstić information content (AvgIpc) is 2.40.